The summed E-state index contributed by atoms with van der Waals surface area (Å²) in [5.74, 6) is 0.964. The predicted octanol–water partition coefficient (Wildman–Crippen LogP) is 5.15. The Morgan fingerprint density at radius 2 is 1.52 bits per heavy atom. The summed E-state index contributed by atoms with van der Waals surface area (Å²) >= 11 is 0. The summed E-state index contributed by atoms with van der Waals surface area (Å²) in [5, 5.41) is 2.54. The molecule has 0 spiro atoms. The second-order valence-corrected chi connectivity index (χ2v) is 5.81. The fraction of sp³-hybridized carbons (Fsp3) is 0.238. The summed E-state index contributed by atoms with van der Waals surface area (Å²) in [7, 11) is 1.69. The number of benzene rings is 3. The van der Waals surface area contributed by atoms with Gasteiger partial charge in [0.2, 0.25) is 0 Å². The van der Waals surface area contributed by atoms with Gasteiger partial charge in [-0.05, 0) is 59.0 Å². The maximum absolute atomic E-state index is 5.86. The first-order chi connectivity index (χ1) is 11.2. The van der Waals surface area contributed by atoms with Gasteiger partial charge >= 0.3 is 0 Å². The predicted molar refractivity (Wildman–Crippen MR) is 96.2 cm³/mol. The third-order valence-electron chi connectivity index (χ3n) is 4.09. The van der Waals surface area contributed by atoms with Crippen LogP contribution in [0.3, 0.4) is 0 Å². The van der Waals surface area contributed by atoms with Crippen LogP contribution >= 0.6 is 0 Å². The zero-order valence-electron chi connectivity index (χ0n) is 13.9. The largest absolute Gasteiger partial charge is 0.491 e. The molecule has 0 amide bonds. The van der Waals surface area contributed by atoms with Gasteiger partial charge < -0.3 is 9.47 Å². The smallest absolute Gasteiger partial charge is 0.125 e. The lowest BCUT2D eigenvalue weighted by molar-refractivity contribution is 0.145. The first-order valence-corrected chi connectivity index (χ1v) is 7.92. The third kappa shape index (κ3) is 3.22. The zero-order chi connectivity index (χ0) is 16.2. The molecular weight excluding hydrogens is 284 g/mol. The van der Waals surface area contributed by atoms with E-state index in [1.54, 1.807) is 7.11 Å². The van der Waals surface area contributed by atoms with Crippen molar-refractivity contribution in [2.24, 2.45) is 0 Å². The van der Waals surface area contributed by atoms with Gasteiger partial charge in [-0.1, -0.05) is 42.5 Å². The molecule has 0 atom stereocenters. The minimum atomic E-state index is 0.575. The fourth-order valence-electron chi connectivity index (χ4n) is 3.04. The minimum Gasteiger partial charge on any atom is -0.491 e. The highest BCUT2D eigenvalue weighted by Crippen LogP contribution is 2.33. The maximum atomic E-state index is 5.86. The summed E-state index contributed by atoms with van der Waals surface area (Å²) in [5.41, 5.74) is 4.81. The van der Waals surface area contributed by atoms with Crippen LogP contribution in [0.2, 0.25) is 0 Å². The molecule has 2 heteroatoms. The van der Waals surface area contributed by atoms with Crippen LogP contribution in [0.4, 0.5) is 0 Å². The zero-order valence-corrected chi connectivity index (χ0v) is 13.9. The first kappa shape index (κ1) is 15.6. The average molecular weight is 306 g/mol. The summed E-state index contributed by atoms with van der Waals surface area (Å²) in [6, 6.07) is 19.4. The van der Waals surface area contributed by atoms with Crippen molar-refractivity contribution >= 4 is 10.8 Å². The highest BCUT2D eigenvalue weighted by atomic mass is 16.5. The van der Waals surface area contributed by atoms with E-state index in [-0.39, 0.29) is 0 Å². The molecule has 0 radical (unpaired) electrons. The Hall–Kier alpha value is -2.32. The van der Waals surface area contributed by atoms with Crippen molar-refractivity contribution in [3.63, 3.8) is 0 Å². The van der Waals surface area contributed by atoms with E-state index in [1.807, 2.05) is 0 Å². The molecule has 23 heavy (non-hydrogen) atoms. The maximum Gasteiger partial charge on any atom is 0.125 e. The molecule has 0 saturated carbocycles. The number of ether oxygens (including phenoxy) is 2. The van der Waals surface area contributed by atoms with Gasteiger partial charge in [-0.25, -0.2) is 0 Å². The standard InChI is InChI=1S/C21H22O2/c1-15-13-18(14-16(2)21(15)23-12-11-22-3)20-10-6-8-17-7-4-5-9-19(17)20/h4-10,13-14H,11-12H2,1-3H3. The summed E-state index contributed by atoms with van der Waals surface area (Å²) < 4.78 is 10.9. The average Bonchev–Trinajstić information content (AvgIpc) is 2.56. The second kappa shape index (κ2) is 6.84. The van der Waals surface area contributed by atoms with Crippen LogP contribution in [0.15, 0.2) is 54.6 Å². The van der Waals surface area contributed by atoms with Crippen molar-refractivity contribution in [3.8, 4) is 16.9 Å². The SMILES string of the molecule is COCCOc1c(C)cc(-c2cccc3ccccc23)cc1C. The molecule has 0 N–H and O–H groups in total. The van der Waals surface area contributed by atoms with Crippen LogP contribution < -0.4 is 4.74 Å². The molecular formula is C21H22O2. The Morgan fingerprint density at radius 3 is 2.26 bits per heavy atom. The second-order valence-electron chi connectivity index (χ2n) is 5.81. The Morgan fingerprint density at radius 1 is 0.826 bits per heavy atom. The topological polar surface area (TPSA) is 18.5 Å². The lowest BCUT2D eigenvalue weighted by Gasteiger charge is -2.15. The molecule has 0 aliphatic heterocycles. The van der Waals surface area contributed by atoms with Crippen LogP contribution in [-0.4, -0.2) is 20.3 Å². The van der Waals surface area contributed by atoms with Gasteiger partial charge in [0.1, 0.15) is 12.4 Å². The van der Waals surface area contributed by atoms with Crippen molar-refractivity contribution in [2.45, 2.75) is 13.8 Å². The van der Waals surface area contributed by atoms with Gasteiger partial charge in [-0.2, -0.15) is 0 Å². The molecule has 0 aliphatic rings. The van der Waals surface area contributed by atoms with E-state index in [9.17, 15) is 0 Å². The molecule has 0 unspecified atom stereocenters. The van der Waals surface area contributed by atoms with Crippen molar-refractivity contribution in [3.05, 3.63) is 65.7 Å². The van der Waals surface area contributed by atoms with E-state index in [0.717, 1.165) is 16.9 Å². The molecule has 0 fully saturated rings. The summed E-state index contributed by atoms with van der Waals surface area (Å²) in [6.45, 7) is 5.38. The van der Waals surface area contributed by atoms with Crippen molar-refractivity contribution in [1.82, 2.24) is 0 Å². The van der Waals surface area contributed by atoms with Crippen LogP contribution in [0.1, 0.15) is 11.1 Å². The number of hydrogen-bond donors (Lipinski definition) is 0. The van der Waals surface area contributed by atoms with Gasteiger partial charge in [0.25, 0.3) is 0 Å². The van der Waals surface area contributed by atoms with Crippen LogP contribution in [0, 0.1) is 13.8 Å². The normalized spacial score (nSPS) is 10.9. The fourth-order valence-corrected chi connectivity index (χ4v) is 3.04. The molecule has 2 nitrogen and oxygen atoms in total. The molecule has 3 aromatic rings. The van der Waals surface area contributed by atoms with Gasteiger partial charge in [-0.15, -0.1) is 0 Å². The summed E-state index contributed by atoms with van der Waals surface area (Å²) in [6.07, 6.45) is 0. The van der Waals surface area contributed by atoms with Crippen LogP contribution in [0.25, 0.3) is 21.9 Å². The summed E-state index contributed by atoms with van der Waals surface area (Å²) in [4.78, 5) is 0. The van der Waals surface area contributed by atoms with E-state index >= 15 is 0 Å². The molecule has 118 valence electrons. The minimum absolute atomic E-state index is 0.575. The van der Waals surface area contributed by atoms with E-state index in [4.69, 9.17) is 9.47 Å². The Labute approximate surface area is 137 Å². The first-order valence-electron chi connectivity index (χ1n) is 7.92. The number of rotatable bonds is 5. The molecule has 0 heterocycles. The quantitative estimate of drug-likeness (QED) is 0.607. The monoisotopic (exact) mass is 306 g/mol. The van der Waals surface area contributed by atoms with E-state index in [0.29, 0.717) is 13.2 Å². The molecule has 0 aromatic heterocycles. The van der Waals surface area contributed by atoms with Gasteiger partial charge in [0.15, 0.2) is 0 Å². The lowest BCUT2D eigenvalue weighted by atomic mass is 9.95. The van der Waals surface area contributed by atoms with Crippen molar-refractivity contribution < 1.29 is 9.47 Å². The number of hydrogen-bond acceptors (Lipinski definition) is 2. The van der Waals surface area contributed by atoms with Gasteiger partial charge in [0, 0.05) is 7.11 Å². The molecule has 3 aromatic carbocycles. The van der Waals surface area contributed by atoms with E-state index < -0.39 is 0 Å². The molecule has 0 aliphatic carbocycles. The highest BCUT2D eigenvalue weighted by Gasteiger charge is 2.10. The highest BCUT2D eigenvalue weighted by molar-refractivity contribution is 5.96. The Balaban J connectivity index is 2.03. The van der Waals surface area contributed by atoms with Crippen molar-refractivity contribution in [2.75, 3.05) is 20.3 Å². The van der Waals surface area contributed by atoms with Crippen LogP contribution in [-0.2, 0) is 4.74 Å². The molecule has 3 rings (SSSR count). The van der Waals surface area contributed by atoms with Gasteiger partial charge in [0.05, 0.1) is 6.61 Å². The number of aryl methyl sites for hydroxylation is 2. The molecule has 0 bridgehead atoms. The van der Waals surface area contributed by atoms with Crippen LogP contribution in [0.5, 0.6) is 5.75 Å². The van der Waals surface area contributed by atoms with E-state index in [2.05, 4.69) is 68.4 Å². The van der Waals surface area contributed by atoms with E-state index in [1.165, 1.54) is 21.9 Å². The number of methoxy groups -OCH3 is 1. The third-order valence-corrected chi connectivity index (χ3v) is 4.09. The molecule has 0 saturated heterocycles. The van der Waals surface area contributed by atoms with Crippen molar-refractivity contribution in [1.29, 1.82) is 0 Å². The van der Waals surface area contributed by atoms with Gasteiger partial charge in [-0.3, -0.25) is 0 Å². The Kier molecular flexibility index (Phi) is 4.63. The lowest BCUT2D eigenvalue weighted by Crippen LogP contribution is -2.06. The Bertz CT molecular complexity index is 793. The number of fused-ring (bicyclic) bond motifs is 1.